The van der Waals surface area contributed by atoms with Crippen molar-refractivity contribution < 1.29 is 23.4 Å². The predicted octanol–water partition coefficient (Wildman–Crippen LogP) is 3.00. The van der Waals surface area contributed by atoms with Gasteiger partial charge in [-0.05, 0) is 37.0 Å². The van der Waals surface area contributed by atoms with Crippen LogP contribution in [0.2, 0.25) is 0 Å². The molecule has 1 saturated carbocycles. The molecule has 2 aliphatic rings. The Morgan fingerprint density at radius 2 is 2.00 bits per heavy atom. The number of hydrogen-bond donors (Lipinski definition) is 2. The van der Waals surface area contributed by atoms with Gasteiger partial charge in [0.05, 0.1) is 18.1 Å². The van der Waals surface area contributed by atoms with Crippen LogP contribution in [0.3, 0.4) is 0 Å². The zero-order valence-electron chi connectivity index (χ0n) is 13.6. The topological polar surface area (TPSA) is 58.6 Å². The van der Waals surface area contributed by atoms with E-state index in [2.05, 4.69) is 5.32 Å². The van der Waals surface area contributed by atoms with Gasteiger partial charge in [0.2, 0.25) is 5.91 Å². The molecule has 4 nitrogen and oxygen atoms in total. The smallest absolute Gasteiger partial charge is 0.223 e. The molecule has 1 aromatic rings. The fourth-order valence-corrected chi connectivity index (χ4v) is 3.70. The van der Waals surface area contributed by atoms with Crippen LogP contribution in [0.25, 0.3) is 0 Å². The first-order valence-electron chi connectivity index (χ1n) is 8.55. The van der Waals surface area contributed by atoms with Gasteiger partial charge in [-0.1, -0.05) is 25.3 Å². The Hall–Kier alpha value is -1.53. The molecule has 1 saturated heterocycles. The third-order valence-corrected chi connectivity index (χ3v) is 4.98. The van der Waals surface area contributed by atoms with Gasteiger partial charge >= 0.3 is 0 Å². The normalized spacial score (nSPS) is 26.3. The third kappa shape index (κ3) is 3.92. The van der Waals surface area contributed by atoms with Gasteiger partial charge in [-0.2, -0.15) is 0 Å². The molecular formula is C18H23F2NO3. The van der Waals surface area contributed by atoms with E-state index in [4.69, 9.17) is 4.74 Å². The van der Waals surface area contributed by atoms with Gasteiger partial charge in [0.1, 0.15) is 6.10 Å². The minimum Gasteiger partial charge on any atom is -0.389 e. The Bertz CT molecular complexity index is 602. The van der Waals surface area contributed by atoms with E-state index in [-0.39, 0.29) is 18.4 Å². The van der Waals surface area contributed by atoms with Gasteiger partial charge in [0, 0.05) is 6.61 Å². The van der Waals surface area contributed by atoms with E-state index in [1.54, 1.807) is 0 Å². The second kappa shape index (κ2) is 7.15. The minimum atomic E-state index is -0.926. The summed E-state index contributed by atoms with van der Waals surface area (Å²) in [5, 5.41) is 13.4. The summed E-state index contributed by atoms with van der Waals surface area (Å²) in [5.74, 6) is -2.05. The lowest BCUT2D eigenvalue weighted by Gasteiger charge is -2.32. The predicted molar refractivity (Wildman–Crippen MR) is 84.3 cm³/mol. The van der Waals surface area contributed by atoms with E-state index < -0.39 is 23.3 Å². The molecule has 1 aromatic carbocycles. The Morgan fingerprint density at radius 3 is 2.71 bits per heavy atom. The Morgan fingerprint density at radius 1 is 1.25 bits per heavy atom. The van der Waals surface area contributed by atoms with Crippen LogP contribution in [-0.4, -0.2) is 29.3 Å². The van der Waals surface area contributed by atoms with Crippen LogP contribution in [0.4, 0.5) is 8.78 Å². The molecule has 0 radical (unpaired) electrons. The number of rotatable bonds is 4. The maximum Gasteiger partial charge on any atom is 0.223 e. The molecule has 2 fully saturated rings. The molecule has 2 atom stereocenters. The molecule has 1 amide bonds. The Kier molecular flexibility index (Phi) is 5.15. The van der Waals surface area contributed by atoms with Crippen LogP contribution in [0.5, 0.6) is 0 Å². The van der Waals surface area contributed by atoms with Crippen molar-refractivity contribution in [2.45, 2.75) is 62.7 Å². The Labute approximate surface area is 140 Å². The zero-order chi connectivity index (χ0) is 17.2. The maximum absolute atomic E-state index is 13.4. The second-order valence-electron chi connectivity index (χ2n) is 6.89. The quantitative estimate of drug-likeness (QED) is 0.887. The number of benzene rings is 1. The lowest BCUT2D eigenvalue weighted by Crippen LogP contribution is -2.43. The molecule has 1 aliphatic heterocycles. The van der Waals surface area contributed by atoms with Gasteiger partial charge < -0.3 is 15.2 Å². The maximum atomic E-state index is 13.4. The highest BCUT2D eigenvalue weighted by atomic mass is 19.2. The molecule has 24 heavy (non-hydrogen) atoms. The molecule has 0 bridgehead atoms. The number of carbonyl (C=O) groups excluding carboxylic acids is 1. The number of amides is 1. The van der Waals surface area contributed by atoms with Gasteiger partial charge in [-0.3, -0.25) is 4.79 Å². The van der Waals surface area contributed by atoms with Crippen LogP contribution in [0.15, 0.2) is 18.2 Å². The molecule has 0 spiro atoms. The first-order valence-corrected chi connectivity index (χ1v) is 8.55. The van der Waals surface area contributed by atoms with Crippen LogP contribution >= 0.6 is 0 Å². The van der Waals surface area contributed by atoms with Crippen molar-refractivity contribution in [3.63, 3.8) is 0 Å². The zero-order valence-corrected chi connectivity index (χ0v) is 13.6. The van der Waals surface area contributed by atoms with E-state index in [1.165, 1.54) is 6.07 Å². The first-order chi connectivity index (χ1) is 11.5. The van der Waals surface area contributed by atoms with Crippen molar-refractivity contribution >= 4 is 5.91 Å². The summed E-state index contributed by atoms with van der Waals surface area (Å²) in [4.78, 5) is 12.3. The molecule has 1 heterocycles. The Balaban J connectivity index is 1.63. The van der Waals surface area contributed by atoms with E-state index in [9.17, 15) is 18.7 Å². The highest BCUT2D eigenvalue weighted by molar-refractivity contribution is 5.77. The number of nitrogens with one attached hydrogen (secondary N) is 1. The van der Waals surface area contributed by atoms with Crippen molar-refractivity contribution in [1.82, 2.24) is 5.32 Å². The average Bonchev–Trinajstić information content (AvgIpc) is 2.98. The molecule has 132 valence electrons. The average molecular weight is 339 g/mol. The standard InChI is InChI=1S/C18H23F2NO3/c19-13-5-4-12(10-14(13)20)17-15(6-9-24-17)21-16(22)11-18(23)7-2-1-3-8-18/h4-5,10,15,17,23H,1-3,6-9,11H2,(H,21,22). The second-order valence-corrected chi connectivity index (χ2v) is 6.89. The van der Waals surface area contributed by atoms with Crippen molar-refractivity contribution in [3.05, 3.63) is 35.4 Å². The van der Waals surface area contributed by atoms with E-state index in [0.717, 1.165) is 31.4 Å². The number of aliphatic hydroxyl groups is 1. The van der Waals surface area contributed by atoms with Gasteiger partial charge in [0.15, 0.2) is 11.6 Å². The number of halogens is 2. The van der Waals surface area contributed by atoms with Gasteiger partial charge in [0.25, 0.3) is 0 Å². The van der Waals surface area contributed by atoms with E-state index >= 15 is 0 Å². The molecule has 0 aromatic heterocycles. The lowest BCUT2D eigenvalue weighted by molar-refractivity contribution is -0.128. The third-order valence-electron chi connectivity index (χ3n) is 4.98. The fourth-order valence-electron chi connectivity index (χ4n) is 3.70. The van der Waals surface area contributed by atoms with Crippen LogP contribution in [-0.2, 0) is 9.53 Å². The SMILES string of the molecule is O=C(CC1(O)CCCCC1)NC1CCOC1c1ccc(F)c(F)c1. The number of ether oxygens (including phenoxy) is 1. The highest BCUT2D eigenvalue weighted by Gasteiger charge is 2.35. The summed E-state index contributed by atoms with van der Waals surface area (Å²) in [6.45, 7) is 0.443. The summed E-state index contributed by atoms with van der Waals surface area (Å²) in [5.41, 5.74) is -0.410. The van der Waals surface area contributed by atoms with Gasteiger partial charge in [-0.15, -0.1) is 0 Å². The minimum absolute atomic E-state index is 0.0774. The highest BCUT2D eigenvalue weighted by Crippen LogP contribution is 2.33. The summed E-state index contributed by atoms with van der Waals surface area (Å²) in [6, 6.07) is 3.35. The molecule has 6 heteroatoms. The van der Waals surface area contributed by atoms with Crippen LogP contribution < -0.4 is 5.32 Å². The van der Waals surface area contributed by atoms with E-state index in [0.29, 0.717) is 31.4 Å². The van der Waals surface area contributed by atoms with Crippen molar-refractivity contribution in [3.8, 4) is 0 Å². The summed E-state index contributed by atoms with van der Waals surface area (Å²) < 4.78 is 32.1. The fraction of sp³-hybridized carbons (Fsp3) is 0.611. The van der Waals surface area contributed by atoms with Crippen molar-refractivity contribution in [2.75, 3.05) is 6.61 Å². The molecule has 1 aliphatic carbocycles. The van der Waals surface area contributed by atoms with Crippen LogP contribution in [0, 0.1) is 11.6 Å². The lowest BCUT2D eigenvalue weighted by atomic mass is 9.82. The number of carbonyl (C=O) groups is 1. The largest absolute Gasteiger partial charge is 0.389 e. The molecule has 3 rings (SSSR count). The van der Waals surface area contributed by atoms with Crippen molar-refractivity contribution in [1.29, 1.82) is 0 Å². The number of hydrogen-bond acceptors (Lipinski definition) is 3. The summed E-state index contributed by atoms with van der Waals surface area (Å²) in [6.07, 6.45) is 4.45. The summed E-state index contributed by atoms with van der Waals surface area (Å²) in [7, 11) is 0. The van der Waals surface area contributed by atoms with Gasteiger partial charge in [-0.25, -0.2) is 8.78 Å². The van der Waals surface area contributed by atoms with E-state index in [1.807, 2.05) is 0 Å². The molecule has 2 N–H and O–H groups in total. The first kappa shape index (κ1) is 17.3. The molecule has 2 unspecified atom stereocenters. The summed E-state index contributed by atoms with van der Waals surface area (Å²) >= 11 is 0. The molecular weight excluding hydrogens is 316 g/mol. The monoisotopic (exact) mass is 339 g/mol. The van der Waals surface area contributed by atoms with Crippen molar-refractivity contribution in [2.24, 2.45) is 0 Å². The van der Waals surface area contributed by atoms with Crippen LogP contribution in [0.1, 0.15) is 56.6 Å².